The predicted octanol–water partition coefficient (Wildman–Crippen LogP) is 0.442. The summed E-state index contributed by atoms with van der Waals surface area (Å²) in [4.78, 5) is 28.7. The van der Waals surface area contributed by atoms with Crippen molar-refractivity contribution >= 4 is 24.7 Å². The van der Waals surface area contributed by atoms with Crippen LogP contribution < -0.4 is 11.1 Å². The number of hydrogen-bond acceptors (Lipinski definition) is 6. The molecule has 1 aliphatic heterocycles. The van der Waals surface area contributed by atoms with E-state index in [-0.39, 0.29) is 18.7 Å². The summed E-state index contributed by atoms with van der Waals surface area (Å²) in [5.41, 5.74) is 8.21. The Morgan fingerprint density at radius 2 is 2.24 bits per heavy atom. The summed E-state index contributed by atoms with van der Waals surface area (Å²) in [5, 5.41) is 3.29. The normalized spacial score (nSPS) is 23.0. The van der Waals surface area contributed by atoms with Crippen LogP contribution in [-0.2, 0) is 9.09 Å². The minimum Gasteiger partial charge on any atom is -0.382 e. The zero-order valence-corrected chi connectivity index (χ0v) is 12.0. The molecule has 2 aromatic heterocycles. The molecule has 6 N–H and O–H groups in total. The highest BCUT2D eigenvalue weighted by molar-refractivity contribution is 7.46. The van der Waals surface area contributed by atoms with Crippen molar-refractivity contribution in [2.45, 2.75) is 24.9 Å². The molecule has 3 rings (SSSR count). The topological polar surface area (TPSA) is 146 Å². The zero-order valence-electron chi connectivity index (χ0n) is 11.1. The Balaban J connectivity index is 1.73. The maximum absolute atomic E-state index is 10.7. The molecule has 21 heavy (non-hydrogen) atoms. The van der Waals surface area contributed by atoms with Crippen LogP contribution in [0.3, 0.4) is 0 Å². The number of nitrogens with one attached hydrogen (secondary N) is 2. The molecule has 0 aliphatic carbocycles. The van der Waals surface area contributed by atoms with Crippen molar-refractivity contribution in [2.24, 2.45) is 0 Å². The first-order valence-corrected chi connectivity index (χ1v) is 8.00. The van der Waals surface area contributed by atoms with Crippen molar-refractivity contribution in [1.29, 1.82) is 0 Å². The smallest absolute Gasteiger partial charge is 0.382 e. The van der Waals surface area contributed by atoms with Gasteiger partial charge in [0.1, 0.15) is 11.8 Å². The van der Waals surface area contributed by atoms with E-state index in [0.29, 0.717) is 11.3 Å². The van der Waals surface area contributed by atoms with Crippen LogP contribution in [0.15, 0.2) is 12.5 Å². The van der Waals surface area contributed by atoms with Crippen LogP contribution >= 0.6 is 7.82 Å². The number of aromatic amines is 1. The van der Waals surface area contributed by atoms with Crippen molar-refractivity contribution in [1.82, 2.24) is 20.3 Å². The predicted molar refractivity (Wildman–Crippen MR) is 75.2 cm³/mol. The maximum atomic E-state index is 10.7. The monoisotopic (exact) mass is 313 g/mol. The van der Waals surface area contributed by atoms with E-state index in [9.17, 15) is 4.57 Å². The Morgan fingerprint density at radius 1 is 1.43 bits per heavy atom. The highest BCUT2D eigenvalue weighted by atomic mass is 31.2. The number of anilines is 1. The largest absolute Gasteiger partial charge is 0.469 e. The van der Waals surface area contributed by atoms with Gasteiger partial charge in [-0.05, 0) is 12.8 Å². The molecular formula is C11H16N5O4P. The van der Waals surface area contributed by atoms with Gasteiger partial charge in [0, 0.05) is 23.8 Å². The van der Waals surface area contributed by atoms with Crippen molar-refractivity contribution in [3.63, 3.8) is 0 Å². The van der Waals surface area contributed by atoms with Crippen LogP contribution in [0.4, 0.5) is 5.82 Å². The number of nitrogen functional groups attached to an aromatic ring is 1. The molecule has 0 radical (unpaired) electrons. The van der Waals surface area contributed by atoms with E-state index in [1.54, 1.807) is 0 Å². The van der Waals surface area contributed by atoms with Crippen LogP contribution in [0.5, 0.6) is 0 Å². The molecule has 1 saturated heterocycles. The van der Waals surface area contributed by atoms with E-state index < -0.39 is 7.82 Å². The molecule has 2 aromatic rings. The first-order chi connectivity index (χ1) is 9.94. The van der Waals surface area contributed by atoms with Crippen molar-refractivity contribution in [3.05, 3.63) is 18.1 Å². The maximum Gasteiger partial charge on any atom is 0.469 e. The van der Waals surface area contributed by atoms with Crippen LogP contribution in [-0.4, -0.2) is 37.4 Å². The molecular weight excluding hydrogens is 297 g/mol. The number of aromatic nitrogens is 3. The molecule has 3 heterocycles. The minimum absolute atomic E-state index is 0.0275. The third-order valence-electron chi connectivity index (χ3n) is 3.58. The summed E-state index contributed by atoms with van der Waals surface area (Å²) in [6.07, 6.45) is 4.84. The SMILES string of the molecule is Nc1ncnc2c([C@H]3CC[C@@H](COP(=O)(O)O)N3)c[nH]c12. The van der Waals surface area contributed by atoms with Gasteiger partial charge in [0.2, 0.25) is 0 Å². The number of phosphoric ester groups is 1. The molecule has 10 heteroatoms. The van der Waals surface area contributed by atoms with Crippen LogP contribution in [0.2, 0.25) is 0 Å². The number of nitrogens with two attached hydrogens (primary N) is 1. The third-order valence-corrected chi connectivity index (χ3v) is 4.07. The van der Waals surface area contributed by atoms with E-state index in [1.165, 1.54) is 6.33 Å². The van der Waals surface area contributed by atoms with E-state index in [2.05, 4.69) is 24.8 Å². The van der Waals surface area contributed by atoms with Gasteiger partial charge >= 0.3 is 7.82 Å². The lowest BCUT2D eigenvalue weighted by Gasteiger charge is -2.14. The van der Waals surface area contributed by atoms with Gasteiger partial charge in [0.15, 0.2) is 5.82 Å². The van der Waals surface area contributed by atoms with Gasteiger partial charge in [-0.2, -0.15) is 0 Å². The Bertz CT molecular complexity index is 699. The van der Waals surface area contributed by atoms with Gasteiger partial charge in [-0.15, -0.1) is 0 Å². The molecule has 0 amide bonds. The molecule has 0 unspecified atom stereocenters. The van der Waals surface area contributed by atoms with Gasteiger partial charge < -0.3 is 25.8 Å². The lowest BCUT2D eigenvalue weighted by Crippen LogP contribution is -2.28. The number of hydrogen-bond donors (Lipinski definition) is 5. The summed E-state index contributed by atoms with van der Waals surface area (Å²) in [6.45, 7) is -0.0275. The van der Waals surface area contributed by atoms with Crippen molar-refractivity contribution < 1.29 is 18.9 Å². The van der Waals surface area contributed by atoms with Gasteiger partial charge in [-0.25, -0.2) is 14.5 Å². The number of rotatable bonds is 4. The first kappa shape index (κ1) is 14.4. The summed E-state index contributed by atoms with van der Waals surface area (Å²) < 4.78 is 15.3. The Hall–Kier alpha value is -1.51. The minimum atomic E-state index is -4.43. The quantitative estimate of drug-likeness (QED) is 0.511. The number of phosphoric acid groups is 1. The second kappa shape index (κ2) is 5.36. The molecule has 0 saturated carbocycles. The van der Waals surface area contributed by atoms with E-state index in [1.807, 2.05) is 6.20 Å². The number of fused-ring (bicyclic) bond motifs is 1. The lowest BCUT2D eigenvalue weighted by atomic mass is 10.1. The zero-order chi connectivity index (χ0) is 15.0. The standard InChI is InChI=1S/C11H16N5O4P/c12-11-10-9(14-5-15-11)7(3-13-10)8-2-1-6(16-8)4-20-21(17,18)19/h3,5-6,8,13,16H,1-2,4H2,(H2,12,14,15)(H2,17,18,19)/t6-,8+/m0/s1. The first-order valence-electron chi connectivity index (χ1n) is 6.47. The molecule has 1 aliphatic rings. The highest BCUT2D eigenvalue weighted by Gasteiger charge is 2.29. The summed E-state index contributed by atoms with van der Waals surface area (Å²) >= 11 is 0. The average Bonchev–Trinajstić information content (AvgIpc) is 3.02. The highest BCUT2D eigenvalue weighted by Crippen LogP contribution is 2.37. The molecule has 0 aromatic carbocycles. The summed E-state index contributed by atoms with van der Waals surface area (Å²) in [6, 6.07) is -0.0646. The lowest BCUT2D eigenvalue weighted by molar-refractivity contribution is 0.180. The van der Waals surface area contributed by atoms with Gasteiger partial charge in [0.25, 0.3) is 0 Å². The fraction of sp³-hybridized carbons (Fsp3) is 0.455. The van der Waals surface area contributed by atoms with Crippen LogP contribution in [0.25, 0.3) is 11.0 Å². The Kier molecular flexibility index (Phi) is 3.68. The molecule has 0 bridgehead atoms. The van der Waals surface area contributed by atoms with Gasteiger partial charge in [0.05, 0.1) is 12.1 Å². The molecule has 9 nitrogen and oxygen atoms in total. The Morgan fingerprint density at radius 3 is 3.00 bits per heavy atom. The average molecular weight is 313 g/mol. The van der Waals surface area contributed by atoms with E-state index >= 15 is 0 Å². The van der Waals surface area contributed by atoms with E-state index in [0.717, 1.165) is 23.9 Å². The van der Waals surface area contributed by atoms with E-state index in [4.69, 9.17) is 15.5 Å². The van der Waals surface area contributed by atoms with Gasteiger partial charge in [-0.3, -0.25) is 4.52 Å². The van der Waals surface area contributed by atoms with Crippen molar-refractivity contribution in [2.75, 3.05) is 12.3 Å². The fourth-order valence-corrected chi connectivity index (χ4v) is 3.00. The van der Waals surface area contributed by atoms with Crippen molar-refractivity contribution in [3.8, 4) is 0 Å². The molecule has 114 valence electrons. The third kappa shape index (κ3) is 3.07. The molecule has 2 atom stereocenters. The number of H-pyrrole nitrogens is 1. The second-order valence-electron chi connectivity index (χ2n) is 5.01. The molecule has 1 fully saturated rings. The Labute approximate surface area is 120 Å². The molecule has 0 spiro atoms. The van der Waals surface area contributed by atoms with Crippen LogP contribution in [0.1, 0.15) is 24.4 Å². The second-order valence-corrected chi connectivity index (χ2v) is 6.25. The fourth-order valence-electron chi connectivity index (χ4n) is 2.63. The van der Waals surface area contributed by atoms with Gasteiger partial charge in [-0.1, -0.05) is 0 Å². The summed E-state index contributed by atoms with van der Waals surface area (Å²) in [5.74, 6) is 0.394. The summed E-state index contributed by atoms with van der Waals surface area (Å²) in [7, 11) is -4.43. The number of nitrogens with zero attached hydrogens (tertiary/aromatic N) is 2. The van der Waals surface area contributed by atoms with Crippen LogP contribution in [0, 0.1) is 0 Å².